The zero-order valence-corrected chi connectivity index (χ0v) is 12.5. The standard InChI is InChI=1S/C11H20N4O2S/c1-7(2)15-10(14(4)5)12-13-11(15)18-8(3)9(16)17-6/h7-8H,1-6H3/t8-/m0/s1. The van der Waals surface area contributed by atoms with Crippen molar-refractivity contribution in [3.8, 4) is 0 Å². The molecule has 0 aromatic carbocycles. The zero-order valence-electron chi connectivity index (χ0n) is 11.7. The minimum absolute atomic E-state index is 0.227. The van der Waals surface area contributed by atoms with Crippen LogP contribution in [0.25, 0.3) is 0 Å². The van der Waals surface area contributed by atoms with Gasteiger partial charge in [0.25, 0.3) is 0 Å². The number of anilines is 1. The van der Waals surface area contributed by atoms with Crippen molar-refractivity contribution in [2.24, 2.45) is 0 Å². The van der Waals surface area contributed by atoms with Crippen molar-refractivity contribution in [1.82, 2.24) is 14.8 Å². The Morgan fingerprint density at radius 1 is 1.33 bits per heavy atom. The third-order valence-electron chi connectivity index (χ3n) is 2.38. The number of thioether (sulfide) groups is 1. The molecular weight excluding hydrogens is 252 g/mol. The molecular formula is C11H20N4O2S. The van der Waals surface area contributed by atoms with E-state index in [1.165, 1.54) is 18.9 Å². The summed E-state index contributed by atoms with van der Waals surface area (Å²) in [6.07, 6.45) is 0. The average molecular weight is 272 g/mol. The van der Waals surface area contributed by atoms with Crippen molar-refractivity contribution < 1.29 is 9.53 Å². The third-order valence-corrected chi connectivity index (χ3v) is 3.41. The maximum atomic E-state index is 11.4. The summed E-state index contributed by atoms with van der Waals surface area (Å²) in [5.74, 6) is 0.522. The van der Waals surface area contributed by atoms with Gasteiger partial charge in [-0.3, -0.25) is 9.36 Å². The molecule has 0 aliphatic rings. The van der Waals surface area contributed by atoms with E-state index in [1.54, 1.807) is 6.92 Å². The van der Waals surface area contributed by atoms with Gasteiger partial charge in [0.05, 0.1) is 7.11 Å². The van der Waals surface area contributed by atoms with Gasteiger partial charge in [0.1, 0.15) is 5.25 Å². The van der Waals surface area contributed by atoms with E-state index in [0.717, 1.165) is 11.1 Å². The summed E-state index contributed by atoms with van der Waals surface area (Å²) < 4.78 is 6.72. The second-order valence-corrected chi connectivity index (χ2v) is 5.73. The Morgan fingerprint density at radius 2 is 1.94 bits per heavy atom. The SMILES string of the molecule is COC(=O)[C@H](C)Sc1nnc(N(C)C)n1C(C)C. The van der Waals surface area contributed by atoms with E-state index in [-0.39, 0.29) is 17.3 Å². The highest BCUT2D eigenvalue weighted by molar-refractivity contribution is 8.00. The maximum absolute atomic E-state index is 11.4. The van der Waals surface area contributed by atoms with Gasteiger partial charge in [-0.05, 0) is 20.8 Å². The van der Waals surface area contributed by atoms with Crippen LogP contribution in [0, 0.1) is 0 Å². The summed E-state index contributed by atoms with van der Waals surface area (Å²) in [5.41, 5.74) is 0. The van der Waals surface area contributed by atoms with E-state index < -0.39 is 0 Å². The zero-order chi connectivity index (χ0) is 13.9. The number of ether oxygens (including phenoxy) is 1. The number of aromatic nitrogens is 3. The lowest BCUT2D eigenvalue weighted by molar-refractivity contribution is -0.139. The van der Waals surface area contributed by atoms with Crippen LogP contribution < -0.4 is 4.90 Å². The van der Waals surface area contributed by atoms with Crippen LogP contribution >= 0.6 is 11.8 Å². The molecule has 0 aliphatic heterocycles. The molecule has 0 saturated heterocycles. The summed E-state index contributed by atoms with van der Waals surface area (Å²) >= 11 is 1.36. The number of hydrogen-bond donors (Lipinski definition) is 0. The van der Waals surface area contributed by atoms with Gasteiger partial charge in [-0.2, -0.15) is 0 Å². The van der Waals surface area contributed by atoms with Crippen molar-refractivity contribution in [3.63, 3.8) is 0 Å². The van der Waals surface area contributed by atoms with Gasteiger partial charge < -0.3 is 9.64 Å². The highest BCUT2D eigenvalue weighted by atomic mass is 32.2. The van der Waals surface area contributed by atoms with E-state index in [0.29, 0.717) is 0 Å². The Labute approximate surface area is 112 Å². The molecule has 0 N–H and O–H groups in total. The van der Waals surface area contributed by atoms with E-state index in [2.05, 4.69) is 24.0 Å². The molecule has 18 heavy (non-hydrogen) atoms. The topological polar surface area (TPSA) is 60.2 Å². The van der Waals surface area contributed by atoms with E-state index >= 15 is 0 Å². The number of rotatable bonds is 5. The van der Waals surface area contributed by atoms with E-state index in [1.807, 2.05) is 23.6 Å². The molecule has 0 bridgehead atoms. The lowest BCUT2D eigenvalue weighted by Gasteiger charge is -2.18. The Hall–Kier alpha value is -1.24. The molecule has 1 rings (SSSR count). The van der Waals surface area contributed by atoms with Crippen LogP contribution in [0.2, 0.25) is 0 Å². The smallest absolute Gasteiger partial charge is 0.318 e. The van der Waals surface area contributed by atoms with Gasteiger partial charge in [0, 0.05) is 20.1 Å². The first-order valence-corrected chi connectivity index (χ1v) is 6.63. The lowest BCUT2D eigenvalue weighted by atomic mass is 10.4. The largest absolute Gasteiger partial charge is 0.468 e. The number of hydrogen-bond acceptors (Lipinski definition) is 6. The number of carbonyl (C=O) groups excluding carboxylic acids is 1. The summed E-state index contributed by atoms with van der Waals surface area (Å²) in [6, 6.07) is 0.227. The van der Waals surface area contributed by atoms with Crippen LogP contribution in [0.5, 0.6) is 0 Å². The number of nitrogens with zero attached hydrogens (tertiary/aromatic N) is 4. The molecule has 102 valence electrons. The van der Waals surface area contributed by atoms with Crippen LogP contribution in [-0.2, 0) is 9.53 Å². The molecule has 0 fully saturated rings. The Bertz CT molecular complexity index is 417. The Balaban J connectivity index is 2.99. The van der Waals surface area contributed by atoms with Crippen molar-refractivity contribution in [1.29, 1.82) is 0 Å². The third kappa shape index (κ3) is 3.16. The van der Waals surface area contributed by atoms with Crippen molar-refractivity contribution in [3.05, 3.63) is 0 Å². The summed E-state index contributed by atoms with van der Waals surface area (Å²) in [7, 11) is 5.22. The van der Waals surface area contributed by atoms with Crippen LogP contribution in [0.3, 0.4) is 0 Å². The van der Waals surface area contributed by atoms with Gasteiger partial charge in [0.2, 0.25) is 5.95 Å². The molecule has 0 unspecified atom stereocenters. The molecule has 7 heteroatoms. The Kier molecular flexibility index (Phi) is 5.01. The summed E-state index contributed by atoms with van der Waals surface area (Å²) in [6.45, 7) is 5.91. The highest BCUT2D eigenvalue weighted by Crippen LogP contribution is 2.28. The minimum Gasteiger partial charge on any atom is -0.468 e. The molecule has 0 aliphatic carbocycles. The predicted molar refractivity (Wildman–Crippen MR) is 72.1 cm³/mol. The van der Waals surface area contributed by atoms with Gasteiger partial charge in [0.15, 0.2) is 5.16 Å². The van der Waals surface area contributed by atoms with Gasteiger partial charge >= 0.3 is 5.97 Å². The van der Waals surface area contributed by atoms with E-state index in [9.17, 15) is 4.79 Å². The van der Waals surface area contributed by atoms with Crippen molar-refractivity contribution in [2.75, 3.05) is 26.1 Å². The molecule has 0 spiro atoms. The number of methoxy groups -OCH3 is 1. The van der Waals surface area contributed by atoms with Crippen LogP contribution in [0.4, 0.5) is 5.95 Å². The molecule has 1 aromatic rings. The first kappa shape index (κ1) is 14.8. The lowest BCUT2D eigenvalue weighted by Crippen LogP contribution is -2.19. The first-order valence-electron chi connectivity index (χ1n) is 5.75. The molecule has 1 heterocycles. The summed E-state index contributed by atoms with van der Waals surface area (Å²) in [5, 5.41) is 8.71. The second-order valence-electron chi connectivity index (χ2n) is 4.42. The summed E-state index contributed by atoms with van der Waals surface area (Å²) in [4.78, 5) is 13.3. The van der Waals surface area contributed by atoms with Crippen LogP contribution in [0.15, 0.2) is 5.16 Å². The monoisotopic (exact) mass is 272 g/mol. The first-order chi connectivity index (χ1) is 8.38. The minimum atomic E-state index is -0.299. The van der Waals surface area contributed by atoms with Gasteiger partial charge in [-0.25, -0.2) is 0 Å². The molecule has 6 nitrogen and oxygen atoms in total. The fourth-order valence-corrected chi connectivity index (χ4v) is 2.48. The van der Waals surface area contributed by atoms with Crippen molar-refractivity contribution in [2.45, 2.75) is 37.2 Å². The predicted octanol–water partition coefficient (Wildman–Crippen LogP) is 1.58. The molecule has 1 aromatic heterocycles. The van der Waals surface area contributed by atoms with Gasteiger partial charge in [-0.1, -0.05) is 11.8 Å². The molecule has 0 saturated carbocycles. The van der Waals surface area contributed by atoms with Crippen LogP contribution in [0.1, 0.15) is 26.8 Å². The highest BCUT2D eigenvalue weighted by Gasteiger charge is 2.22. The fourth-order valence-electron chi connectivity index (χ4n) is 1.48. The molecule has 1 atom stereocenters. The van der Waals surface area contributed by atoms with Crippen LogP contribution in [-0.4, -0.2) is 47.2 Å². The van der Waals surface area contributed by atoms with E-state index in [4.69, 9.17) is 4.74 Å². The number of carbonyl (C=O) groups is 1. The normalized spacial score (nSPS) is 12.6. The maximum Gasteiger partial charge on any atom is 0.318 e. The average Bonchev–Trinajstić information content (AvgIpc) is 2.71. The molecule has 0 amide bonds. The quantitative estimate of drug-likeness (QED) is 0.599. The molecule has 0 radical (unpaired) electrons. The van der Waals surface area contributed by atoms with Crippen molar-refractivity contribution >= 4 is 23.7 Å². The van der Waals surface area contributed by atoms with Gasteiger partial charge in [-0.15, -0.1) is 10.2 Å². The number of esters is 1. The Morgan fingerprint density at radius 3 is 2.39 bits per heavy atom. The second kappa shape index (κ2) is 6.08. The fraction of sp³-hybridized carbons (Fsp3) is 0.727.